The number of nitrogen functional groups attached to an aromatic ring is 2. The molecule has 0 radical (unpaired) electrons. The molecule has 0 spiro atoms. The molecule has 5 N–H and O–H groups in total. The smallest absolute Gasteiger partial charge is 0.328 e. The predicted octanol–water partition coefficient (Wildman–Crippen LogP) is 3.29. The lowest BCUT2D eigenvalue weighted by Crippen LogP contribution is -2.42. The number of aromatic nitrogens is 3. The van der Waals surface area contributed by atoms with Gasteiger partial charge in [0, 0.05) is 42.8 Å². The summed E-state index contributed by atoms with van der Waals surface area (Å²) in [4.78, 5) is 52.7. The number of rotatable bonds is 11. The van der Waals surface area contributed by atoms with E-state index in [9.17, 15) is 14.4 Å². The maximum Gasteiger partial charge on any atom is 0.328 e. The van der Waals surface area contributed by atoms with Gasteiger partial charge in [-0.05, 0) is 55.8 Å². The van der Waals surface area contributed by atoms with Crippen LogP contribution in [0.4, 0.5) is 17.5 Å². The zero-order chi connectivity index (χ0) is 30.4. The summed E-state index contributed by atoms with van der Waals surface area (Å²) in [6.45, 7) is 6.20. The third-order valence-corrected chi connectivity index (χ3v) is 6.92. The molecular formula is C30H35N7O5. The molecule has 0 unspecified atom stereocenters. The summed E-state index contributed by atoms with van der Waals surface area (Å²) in [6.07, 6.45) is 1.77. The molecule has 0 saturated heterocycles. The predicted molar refractivity (Wildman–Crippen MR) is 161 cm³/mol. The Morgan fingerprint density at radius 3 is 2.43 bits per heavy atom. The summed E-state index contributed by atoms with van der Waals surface area (Å²) in [5.74, 6) is -1.17. The zero-order valence-electron chi connectivity index (χ0n) is 24.1. The number of aryl methyl sites for hydroxylation is 1. The van der Waals surface area contributed by atoms with E-state index in [1.54, 1.807) is 26.1 Å². The van der Waals surface area contributed by atoms with E-state index in [0.717, 1.165) is 22.2 Å². The van der Waals surface area contributed by atoms with Crippen molar-refractivity contribution < 1.29 is 23.9 Å². The number of nitrogens with zero attached hydrogens (tertiary/aromatic N) is 4. The van der Waals surface area contributed by atoms with Crippen LogP contribution in [0.1, 0.15) is 48.2 Å². The number of pyridine rings is 1. The van der Waals surface area contributed by atoms with Crippen molar-refractivity contribution in [3.63, 3.8) is 0 Å². The molecule has 4 aromatic rings. The van der Waals surface area contributed by atoms with Crippen molar-refractivity contribution in [1.82, 2.24) is 20.3 Å². The quantitative estimate of drug-likeness (QED) is 0.224. The minimum atomic E-state index is -1.00. The number of ether oxygens (including phenoxy) is 2. The normalized spacial score (nSPS) is 11.7. The van der Waals surface area contributed by atoms with Gasteiger partial charge in [0.25, 0.3) is 5.91 Å². The molecule has 0 fully saturated rings. The molecule has 0 aliphatic heterocycles. The Kier molecular flexibility index (Phi) is 9.35. The van der Waals surface area contributed by atoms with Gasteiger partial charge in [0.15, 0.2) is 5.65 Å². The van der Waals surface area contributed by atoms with Gasteiger partial charge in [-0.2, -0.15) is 9.97 Å². The Hall–Kier alpha value is -5.00. The highest BCUT2D eigenvalue weighted by molar-refractivity contribution is 6.11. The number of esters is 2. The number of nitrogens with one attached hydrogen (secondary N) is 1. The number of carbonyl (C=O) groups is 3. The van der Waals surface area contributed by atoms with Crippen molar-refractivity contribution in [3.05, 3.63) is 59.3 Å². The highest BCUT2D eigenvalue weighted by atomic mass is 16.5. The van der Waals surface area contributed by atoms with Crippen LogP contribution < -0.4 is 21.7 Å². The van der Waals surface area contributed by atoms with Crippen LogP contribution in [-0.2, 0) is 25.6 Å². The van der Waals surface area contributed by atoms with Crippen LogP contribution in [0.15, 0.2) is 42.6 Å². The lowest BCUT2D eigenvalue weighted by atomic mass is 10.0. The first-order valence-electron chi connectivity index (χ1n) is 13.7. The molecule has 0 aliphatic carbocycles. The van der Waals surface area contributed by atoms with Crippen LogP contribution in [0.25, 0.3) is 21.8 Å². The first-order valence-corrected chi connectivity index (χ1v) is 13.7. The zero-order valence-corrected chi connectivity index (χ0v) is 24.1. The Bertz CT molecular complexity index is 1640. The van der Waals surface area contributed by atoms with Gasteiger partial charge in [0.2, 0.25) is 5.95 Å². The largest absolute Gasteiger partial charge is 0.466 e. The van der Waals surface area contributed by atoms with Gasteiger partial charge in [0.05, 0.1) is 18.6 Å². The van der Waals surface area contributed by atoms with Gasteiger partial charge in [-0.1, -0.05) is 24.3 Å². The topological polar surface area (TPSA) is 176 Å². The Morgan fingerprint density at radius 1 is 1.00 bits per heavy atom. The fourth-order valence-corrected chi connectivity index (χ4v) is 4.87. The standard InChI is InChI=1S/C30H35N7O5/c1-5-41-24(38)14-12-22(29(40)42-6-2)34-28(39)21-11-13-23(20-10-8-7-9-19(20)21)37(4)16-18-15-33-27-25(17(18)3)26(31)35-30(32)36-27/h7-11,13,15,22H,5-6,12,14,16H2,1-4H3,(H,34,39)(H4,31,32,33,35,36)/t22-/m0/s1. The molecular weight excluding hydrogens is 538 g/mol. The fraction of sp³-hybridized carbons (Fsp3) is 0.333. The summed E-state index contributed by atoms with van der Waals surface area (Å²) in [6, 6.07) is 10.1. The van der Waals surface area contributed by atoms with E-state index in [-0.39, 0.29) is 37.8 Å². The number of benzene rings is 2. The van der Waals surface area contributed by atoms with Crippen molar-refractivity contribution in [1.29, 1.82) is 0 Å². The molecule has 2 aromatic carbocycles. The summed E-state index contributed by atoms with van der Waals surface area (Å²) < 4.78 is 10.1. The molecule has 2 heterocycles. The number of nitrogens with two attached hydrogens (primary N) is 2. The van der Waals surface area contributed by atoms with E-state index in [2.05, 4.69) is 25.2 Å². The third-order valence-electron chi connectivity index (χ3n) is 6.92. The minimum Gasteiger partial charge on any atom is -0.466 e. The highest BCUT2D eigenvalue weighted by Gasteiger charge is 2.25. The fourth-order valence-electron chi connectivity index (χ4n) is 4.87. The molecule has 42 heavy (non-hydrogen) atoms. The van der Waals surface area contributed by atoms with E-state index < -0.39 is 23.9 Å². The van der Waals surface area contributed by atoms with E-state index in [1.807, 2.05) is 44.3 Å². The van der Waals surface area contributed by atoms with Crippen LogP contribution >= 0.6 is 0 Å². The number of anilines is 3. The number of hydrogen-bond donors (Lipinski definition) is 3. The van der Waals surface area contributed by atoms with Crippen molar-refractivity contribution in [2.24, 2.45) is 0 Å². The molecule has 0 saturated carbocycles. The first-order chi connectivity index (χ1) is 20.1. The average molecular weight is 574 g/mol. The SMILES string of the molecule is CCOC(=O)CC[C@H](NC(=O)c1ccc(N(C)Cc2cnc3nc(N)nc(N)c3c2C)c2ccccc12)C(=O)OCC. The van der Waals surface area contributed by atoms with E-state index in [4.69, 9.17) is 20.9 Å². The highest BCUT2D eigenvalue weighted by Crippen LogP contribution is 2.31. The second-order valence-corrected chi connectivity index (χ2v) is 9.73. The van der Waals surface area contributed by atoms with Crippen LogP contribution in [0.5, 0.6) is 0 Å². The van der Waals surface area contributed by atoms with Crippen LogP contribution in [0.2, 0.25) is 0 Å². The summed E-state index contributed by atoms with van der Waals surface area (Å²) in [7, 11) is 1.94. The monoisotopic (exact) mass is 573 g/mol. The van der Waals surface area contributed by atoms with E-state index in [0.29, 0.717) is 28.5 Å². The number of carbonyl (C=O) groups excluding carboxylic acids is 3. The number of hydrogen-bond acceptors (Lipinski definition) is 11. The van der Waals surface area contributed by atoms with Gasteiger partial charge in [-0.25, -0.2) is 9.78 Å². The second kappa shape index (κ2) is 13.1. The van der Waals surface area contributed by atoms with Gasteiger partial charge in [-0.15, -0.1) is 0 Å². The molecule has 220 valence electrons. The Balaban J connectivity index is 1.61. The number of amides is 1. The van der Waals surface area contributed by atoms with Crippen molar-refractivity contribution in [3.8, 4) is 0 Å². The van der Waals surface area contributed by atoms with Gasteiger partial charge in [0.1, 0.15) is 11.9 Å². The van der Waals surface area contributed by atoms with Gasteiger partial charge >= 0.3 is 11.9 Å². The molecule has 1 amide bonds. The van der Waals surface area contributed by atoms with Crippen LogP contribution in [-0.4, -0.2) is 59.1 Å². The molecule has 4 rings (SSSR count). The Labute approximate surface area is 243 Å². The molecule has 12 nitrogen and oxygen atoms in total. The van der Waals surface area contributed by atoms with E-state index in [1.165, 1.54) is 0 Å². The van der Waals surface area contributed by atoms with Crippen molar-refractivity contribution >= 4 is 57.1 Å². The van der Waals surface area contributed by atoms with Crippen LogP contribution in [0, 0.1) is 6.92 Å². The lowest BCUT2D eigenvalue weighted by Gasteiger charge is -2.24. The second-order valence-electron chi connectivity index (χ2n) is 9.73. The number of fused-ring (bicyclic) bond motifs is 2. The lowest BCUT2D eigenvalue weighted by molar-refractivity contribution is -0.146. The molecule has 1 atom stereocenters. The van der Waals surface area contributed by atoms with Crippen LogP contribution in [0.3, 0.4) is 0 Å². The van der Waals surface area contributed by atoms with Gasteiger partial charge < -0.3 is 31.2 Å². The molecule has 0 bridgehead atoms. The van der Waals surface area contributed by atoms with Crippen molar-refractivity contribution in [2.75, 3.05) is 36.6 Å². The van der Waals surface area contributed by atoms with E-state index >= 15 is 0 Å². The first kappa shape index (κ1) is 30.0. The summed E-state index contributed by atoms with van der Waals surface area (Å²) in [5, 5.41) is 4.96. The summed E-state index contributed by atoms with van der Waals surface area (Å²) in [5.41, 5.74) is 15.4. The maximum absolute atomic E-state index is 13.5. The maximum atomic E-state index is 13.5. The molecule has 0 aliphatic rings. The minimum absolute atomic E-state index is 0.0315. The molecule has 12 heteroatoms. The summed E-state index contributed by atoms with van der Waals surface area (Å²) >= 11 is 0. The Morgan fingerprint density at radius 2 is 1.71 bits per heavy atom. The van der Waals surface area contributed by atoms with Crippen molar-refractivity contribution in [2.45, 2.75) is 46.2 Å². The van der Waals surface area contributed by atoms with Gasteiger partial charge in [-0.3, -0.25) is 9.59 Å². The average Bonchev–Trinajstić information content (AvgIpc) is 2.95. The third kappa shape index (κ3) is 6.48. The molecule has 2 aromatic heterocycles.